The van der Waals surface area contributed by atoms with E-state index in [1.54, 1.807) is 18.2 Å². The molecule has 0 heterocycles. The van der Waals surface area contributed by atoms with Gasteiger partial charge in [-0.15, -0.1) is 6.58 Å². The second kappa shape index (κ2) is 9.04. The third-order valence-corrected chi connectivity index (χ3v) is 2.68. The van der Waals surface area contributed by atoms with Crippen molar-refractivity contribution in [3.63, 3.8) is 0 Å². The van der Waals surface area contributed by atoms with Crippen molar-refractivity contribution in [3.05, 3.63) is 36.4 Å². The third-order valence-electron chi connectivity index (χ3n) is 2.68. The Morgan fingerprint density at radius 3 is 2.74 bits per heavy atom. The van der Waals surface area contributed by atoms with E-state index in [-0.39, 0.29) is 0 Å². The number of hydrogen-bond donors (Lipinski definition) is 0. The van der Waals surface area contributed by atoms with Crippen molar-refractivity contribution >= 4 is 0 Å². The number of rotatable bonds is 9. The second-order valence-corrected chi connectivity index (χ2v) is 4.19. The van der Waals surface area contributed by atoms with Crippen molar-refractivity contribution in [1.29, 1.82) is 5.26 Å². The van der Waals surface area contributed by atoms with Gasteiger partial charge >= 0.3 is 0 Å². The van der Waals surface area contributed by atoms with Crippen molar-refractivity contribution in [2.75, 3.05) is 13.2 Å². The van der Waals surface area contributed by atoms with Crippen LogP contribution in [-0.4, -0.2) is 13.2 Å². The summed E-state index contributed by atoms with van der Waals surface area (Å²) in [6.45, 7) is 6.84. The highest BCUT2D eigenvalue weighted by Gasteiger charge is 2.06. The SMILES string of the molecule is C=CCCCCCOc1ccc(C#N)cc1OCC. The molecule has 0 saturated heterocycles. The molecule has 19 heavy (non-hydrogen) atoms. The highest BCUT2D eigenvalue weighted by atomic mass is 16.5. The molecule has 0 aromatic heterocycles. The zero-order valence-electron chi connectivity index (χ0n) is 11.5. The topological polar surface area (TPSA) is 42.2 Å². The molecule has 0 unspecified atom stereocenters. The molecular formula is C16H21NO2. The predicted octanol–water partition coefficient (Wildman–Crippen LogP) is 4.08. The fourth-order valence-corrected chi connectivity index (χ4v) is 1.71. The van der Waals surface area contributed by atoms with Gasteiger partial charge in [0.15, 0.2) is 11.5 Å². The van der Waals surface area contributed by atoms with Gasteiger partial charge < -0.3 is 9.47 Å². The normalized spacial score (nSPS) is 9.68. The summed E-state index contributed by atoms with van der Waals surface area (Å²) in [7, 11) is 0. The van der Waals surface area contributed by atoms with Gasteiger partial charge in [0.2, 0.25) is 0 Å². The first-order valence-electron chi connectivity index (χ1n) is 6.72. The molecule has 0 bridgehead atoms. The maximum Gasteiger partial charge on any atom is 0.162 e. The van der Waals surface area contributed by atoms with Gasteiger partial charge in [-0.25, -0.2) is 0 Å². The van der Waals surface area contributed by atoms with Gasteiger partial charge in [-0.05, 0) is 44.7 Å². The fourth-order valence-electron chi connectivity index (χ4n) is 1.71. The maximum atomic E-state index is 8.86. The highest BCUT2D eigenvalue weighted by Crippen LogP contribution is 2.28. The summed E-state index contributed by atoms with van der Waals surface area (Å²) < 4.78 is 11.2. The van der Waals surface area contributed by atoms with Crippen molar-refractivity contribution in [2.45, 2.75) is 32.6 Å². The number of nitrogens with zero attached hydrogens (tertiary/aromatic N) is 1. The van der Waals surface area contributed by atoms with E-state index in [9.17, 15) is 0 Å². The van der Waals surface area contributed by atoms with E-state index < -0.39 is 0 Å². The Hall–Kier alpha value is -1.95. The van der Waals surface area contributed by atoms with E-state index in [1.165, 1.54) is 0 Å². The molecule has 1 aromatic rings. The average molecular weight is 259 g/mol. The number of benzene rings is 1. The second-order valence-electron chi connectivity index (χ2n) is 4.19. The Kier molecular flexibility index (Phi) is 7.19. The van der Waals surface area contributed by atoms with Crippen molar-refractivity contribution in [1.82, 2.24) is 0 Å². The summed E-state index contributed by atoms with van der Waals surface area (Å²) in [4.78, 5) is 0. The molecule has 0 fully saturated rings. The summed E-state index contributed by atoms with van der Waals surface area (Å²) in [5.74, 6) is 1.36. The van der Waals surface area contributed by atoms with Crippen LogP contribution < -0.4 is 9.47 Å². The molecule has 3 nitrogen and oxygen atoms in total. The molecular weight excluding hydrogens is 238 g/mol. The Balaban J connectivity index is 2.48. The van der Waals surface area contributed by atoms with E-state index in [0.717, 1.165) is 25.7 Å². The first-order valence-corrected chi connectivity index (χ1v) is 6.72. The van der Waals surface area contributed by atoms with Gasteiger partial charge in [0.1, 0.15) is 0 Å². The van der Waals surface area contributed by atoms with Gasteiger partial charge in [0, 0.05) is 6.07 Å². The van der Waals surface area contributed by atoms with Crippen LogP contribution in [-0.2, 0) is 0 Å². The number of hydrogen-bond acceptors (Lipinski definition) is 3. The molecule has 1 aromatic carbocycles. The molecule has 0 N–H and O–H groups in total. The lowest BCUT2D eigenvalue weighted by atomic mass is 10.2. The van der Waals surface area contributed by atoms with Crippen molar-refractivity contribution in [3.8, 4) is 17.6 Å². The first kappa shape index (κ1) is 15.1. The Bertz CT molecular complexity index is 435. The first-order chi connectivity index (χ1) is 9.31. The van der Waals surface area contributed by atoms with E-state index in [1.807, 2.05) is 13.0 Å². The van der Waals surface area contributed by atoms with Gasteiger partial charge in [0.05, 0.1) is 24.8 Å². The van der Waals surface area contributed by atoms with Gasteiger partial charge in [0.25, 0.3) is 0 Å². The number of allylic oxidation sites excluding steroid dienone is 1. The summed E-state index contributed by atoms with van der Waals surface area (Å²) in [5.41, 5.74) is 0.585. The summed E-state index contributed by atoms with van der Waals surface area (Å²) in [5, 5.41) is 8.86. The molecule has 0 spiro atoms. The largest absolute Gasteiger partial charge is 0.490 e. The molecule has 0 aliphatic rings. The quantitative estimate of drug-likeness (QED) is 0.495. The number of ether oxygens (including phenoxy) is 2. The fraction of sp³-hybridized carbons (Fsp3) is 0.438. The molecule has 0 aliphatic carbocycles. The van der Waals surface area contributed by atoms with Gasteiger partial charge in [-0.3, -0.25) is 0 Å². The van der Waals surface area contributed by atoms with Crippen LogP contribution in [0.5, 0.6) is 11.5 Å². The predicted molar refractivity (Wildman–Crippen MR) is 76.5 cm³/mol. The average Bonchev–Trinajstić information content (AvgIpc) is 2.44. The van der Waals surface area contributed by atoms with Crippen LogP contribution in [0, 0.1) is 11.3 Å². The molecule has 0 radical (unpaired) electrons. The maximum absolute atomic E-state index is 8.86. The molecule has 0 aliphatic heterocycles. The summed E-state index contributed by atoms with van der Waals surface area (Å²) in [6.07, 6.45) is 6.29. The van der Waals surface area contributed by atoms with Crippen LogP contribution in [0.25, 0.3) is 0 Å². The van der Waals surface area contributed by atoms with Crippen LogP contribution in [0.15, 0.2) is 30.9 Å². The lowest BCUT2D eigenvalue weighted by Gasteiger charge is -2.11. The Morgan fingerprint density at radius 2 is 2.05 bits per heavy atom. The monoisotopic (exact) mass is 259 g/mol. The zero-order chi connectivity index (χ0) is 13.9. The molecule has 1 rings (SSSR count). The van der Waals surface area contributed by atoms with E-state index in [0.29, 0.717) is 30.3 Å². The Morgan fingerprint density at radius 1 is 1.21 bits per heavy atom. The van der Waals surface area contributed by atoms with Crippen LogP contribution in [0.4, 0.5) is 0 Å². The molecule has 3 heteroatoms. The van der Waals surface area contributed by atoms with Crippen molar-refractivity contribution in [2.24, 2.45) is 0 Å². The third kappa shape index (κ3) is 5.48. The van der Waals surface area contributed by atoms with Crippen LogP contribution >= 0.6 is 0 Å². The highest BCUT2D eigenvalue weighted by molar-refractivity contribution is 5.46. The minimum absolute atomic E-state index is 0.560. The summed E-state index contributed by atoms with van der Waals surface area (Å²) >= 11 is 0. The molecule has 102 valence electrons. The smallest absolute Gasteiger partial charge is 0.162 e. The molecule has 0 saturated carbocycles. The number of unbranched alkanes of at least 4 members (excludes halogenated alkanes) is 3. The van der Waals surface area contributed by atoms with Gasteiger partial charge in [-0.2, -0.15) is 5.26 Å². The minimum Gasteiger partial charge on any atom is -0.490 e. The Labute approximate surface area is 115 Å². The lowest BCUT2D eigenvalue weighted by molar-refractivity contribution is 0.270. The molecule has 0 amide bonds. The number of nitriles is 1. The van der Waals surface area contributed by atoms with E-state index in [4.69, 9.17) is 14.7 Å². The molecule has 0 atom stereocenters. The van der Waals surface area contributed by atoms with E-state index >= 15 is 0 Å². The van der Waals surface area contributed by atoms with Crippen LogP contribution in [0.1, 0.15) is 38.2 Å². The lowest BCUT2D eigenvalue weighted by Crippen LogP contribution is -2.01. The van der Waals surface area contributed by atoms with Crippen molar-refractivity contribution < 1.29 is 9.47 Å². The van der Waals surface area contributed by atoms with Crippen LogP contribution in [0.3, 0.4) is 0 Å². The van der Waals surface area contributed by atoms with Gasteiger partial charge in [-0.1, -0.05) is 6.08 Å². The zero-order valence-corrected chi connectivity index (χ0v) is 11.5. The minimum atomic E-state index is 0.560. The van der Waals surface area contributed by atoms with Crippen LogP contribution in [0.2, 0.25) is 0 Å². The van der Waals surface area contributed by atoms with E-state index in [2.05, 4.69) is 12.6 Å². The standard InChI is InChI=1S/C16H21NO2/c1-3-5-6-7-8-11-19-15-10-9-14(13-17)12-16(15)18-4-2/h3,9-10,12H,1,4-8,11H2,2H3. The summed E-state index contributed by atoms with van der Waals surface area (Å²) in [6, 6.07) is 7.36.